The van der Waals surface area contributed by atoms with E-state index < -0.39 is 12.0 Å². The van der Waals surface area contributed by atoms with Gasteiger partial charge in [0.05, 0.1) is 32.4 Å². The lowest BCUT2D eigenvalue weighted by atomic mass is 9.93. The molecule has 176 valence electrons. The molecule has 1 aromatic carbocycles. The first-order valence-corrected chi connectivity index (χ1v) is 11.0. The number of methoxy groups -OCH3 is 2. The van der Waals surface area contributed by atoms with Crippen molar-refractivity contribution in [1.82, 2.24) is 20.0 Å². The first kappa shape index (κ1) is 23.9. The van der Waals surface area contributed by atoms with E-state index in [1.807, 2.05) is 0 Å². The molecule has 2 heterocycles. The number of benzene rings is 1. The molecular weight excluding hydrogens is 412 g/mol. The fraction of sp³-hybridized carbons (Fsp3) is 0.565. The number of rotatable bonds is 8. The second kappa shape index (κ2) is 10.7. The Hall–Kier alpha value is -2.78. The minimum atomic E-state index is -0.713. The van der Waals surface area contributed by atoms with Gasteiger partial charge in [0.2, 0.25) is 0 Å². The Morgan fingerprint density at radius 3 is 2.38 bits per heavy atom. The number of hydrogen-bond acceptors (Lipinski definition) is 7. The fourth-order valence-electron chi connectivity index (χ4n) is 4.17. The average molecular weight is 447 g/mol. The van der Waals surface area contributed by atoms with Crippen molar-refractivity contribution in [3.63, 3.8) is 0 Å². The Balaban J connectivity index is 2.06. The van der Waals surface area contributed by atoms with Gasteiger partial charge in [0, 0.05) is 51.0 Å². The zero-order chi connectivity index (χ0) is 23.3. The van der Waals surface area contributed by atoms with Gasteiger partial charge in [-0.25, -0.2) is 9.59 Å². The molecule has 1 saturated heterocycles. The molecule has 2 aliphatic heterocycles. The predicted molar refractivity (Wildman–Crippen MR) is 121 cm³/mol. The minimum Gasteiger partial charge on any atom is -0.497 e. The van der Waals surface area contributed by atoms with E-state index in [1.165, 1.54) is 4.90 Å². The molecule has 1 unspecified atom stereocenters. The van der Waals surface area contributed by atoms with Crippen molar-refractivity contribution in [2.24, 2.45) is 0 Å². The molecule has 1 N–H and O–H groups in total. The molecule has 9 heteroatoms. The number of nitrogens with one attached hydrogen (secondary N) is 1. The van der Waals surface area contributed by atoms with E-state index in [-0.39, 0.29) is 12.6 Å². The fourth-order valence-corrected chi connectivity index (χ4v) is 4.17. The quantitative estimate of drug-likeness (QED) is 0.610. The zero-order valence-electron chi connectivity index (χ0n) is 19.6. The van der Waals surface area contributed by atoms with Crippen LogP contribution in [-0.2, 0) is 9.53 Å². The zero-order valence-corrected chi connectivity index (χ0v) is 19.6. The van der Waals surface area contributed by atoms with Crippen LogP contribution < -0.4 is 14.8 Å². The number of nitrogens with zero attached hydrogens (tertiary/aromatic N) is 3. The van der Waals surface area contributed by atoms with Crippen LogP contribution in [0.25, 0.3) is 0 Å². The molecule has 1 fully saturated rings. The Kier molecular flexibility index (Phi) is 7.98. The Morgan fingerprint density at radius 1 is 1.09 bits per heavy atom. The summed E-state index contributed by atoms with van der Waals surface area (Å²) >= 11 is 0. The molecule has 0 aromatic heterocycles. The maximum absolute atomic E-state index is 13.2. The Labute approximate surface area is 189 Å². The second-order valence-corrected chi connectivity index (χ2v) is 7.84. The summed E-state index contributed by atoms with van der Waals surface area (Å²) in [4.78, 5) is 32.3. The van der Waals surface area contributed by atoms with Crippen LogP contribution in [0.5, 0.6) is 11.5 Å². The molecule has 0 radical (unpaired) electrons. The van der Waals surface area contributed by atoms with Crippen molar-refractivity contribution in [3.8, 4) is 11.5 Å². The van der Waals surface area contributed by atoms with Gasteiger partial charge in [-0.15, -0.1) is 0 Å². The number of ether oxygens (including phenoxy) is 3. The van der Waals surface area contributed by atoms with Crippen LogP contribution in [0.4, 0.5) is 4.79 Å². The van der Waals surface area contributed by atoms with Gasteiger partial charge in [-0.1, -0.05) is 6.92 Å². The lowest BCUT2D eigenvalue weighted by Crippen LogP contribution is -2.52. The highest BCUT2D eigenvalue weighted by atomic mass is 16.5. The third-order valence-corrected chi connectivity index (χ3v) is 6.11. The normalized spacial score (nSPS) is 20.2. The van der Waals surface area contributed by atoms with Gasteiger partial charge in [0.15, 0.2) is 0 Å². The number of amides is 2. The van der Waals surface area contributed by atoms with Gasteiger partial charge < -0.3 is 24.4 Å². The van der Waals surface area contributed by atoms with E-state index in [0.29, 0.717) is 34.9 Å². The van der Waals surface area contributed by atoms with Gasteiger partial charge in [-0.3, -0.25) is 9.80 Å². The highest BCUT2D eigenvalue weighted by molar-refractivity contribution is 5.95. The standard InChI is InChI=1S/C23H34N4O5/c1-6-26-10-12-27(13-11-26)15-18-20(22(28)32-7-2)21(24-23(29)25(18)3)17-14-16(30-4)8-9-19(17)31-5/h8-9,14,21H,6-7,10-13,15H2,1-5H3,(H,24,29). The minimum absolute atomic E-state index is 0.240. The number of piperazine rings is 1. The van der Waals surface area contributed by atoms with Crippen LogP contribution in [0.3, 0.4) is 0 Å². The van der Waals surface area contributed by atoms with Crippen LogP contribution in [0.15, 0.2) is 29.5 Å². The van der Waals surface area contributed by atoms with Crippen molar-refractivity contribution < 1.29 is 23.8 Å². The average Bonchev–Trinajstić information content (AvgIpc) is 2.81. The summed E-state index contributed by atoms with van der Waals surface area (Å²) in [5.41, 5.74) is 1.70. The molecule has 32 heavy (non-hydrogen) atoms. The molecule has 2 amide bonds. The monoisotopic (exact) mass is 446 g/mol. The Bertz CT molecular complexity index is 864. The highest BCUT2D eigenvalue weighted by Crippen LogP contribution is 2.37. The number of hydrogen-bond donors (Lipinski definition) is 1. The second-order valence-electron chi connectivity index (χ2n) is 7.84. The van der Waals surface area contributed by atoms with E-state index in [4.69, 9.17) is 14.2 Å². The number of likely N-dealkylation sites (N-methyl/N-ethyl adjacent to an activating group) is 2. The lowest BCUT2D eigenvalue weighted by Gasteiger charge is -2.39. The molecule has 0 aliphatic carbocycles. The van der Waals surface area contributed by atoms with E-state index in [1.54, 1.807) is 46.4 Å². The summed E-state index contributed by atoms with van der Waals surface area (Å²) < 4.78 is 16.4. The lowest BCUT2D eigenvalue weighted by molar-refractivity contribution is -0.139. The third-order valence-electron chi connectivity index (χ3n) is 6.11. The molecule has 9 nitrogen and oxygen atoms in total. The van der Waals surface area contributed by atoms with E-state index >= 15 is 0 Å². The molecule has 0 bridgehead atoms. The number of esters is 1. The summed E-state index contributed by atoms with van der Waals surface area (Å²) in [6, 6.07) is 4.34. The smallest absolute Gasteiger partial charge is 0.338 e. The van der Waals surface area contributed by atoms with Crippen molar-refractivity contribution in [2.45, 2.75) is 19.9 Å². The van der Waals surface area contributed by atoms with Gasteiger partial charge in [0.25, 0.3) is 0 Å². The van der Waals surface area contributed by atoms with Crippen LogP contribution in [0.2, 0.25) is 0 Å². The van der Waals surface area contributed by atoms with Crippen molar-refractivity contribution in [2.75, 3.05) is 67.1 Å². The SMILES string of the molecule is CCOC(=O)C1=C(CN2CCN(CC)CC2)N(C)C(=O)NC1c1cc(OC)ccc1OC. The largest absolute Gasteiger partial charge is 0.497 e. The topological polar surface area (TPSA) is 83.6 Å². The highest BCUT2D eigenvalue weighted by Gasteiger charge is 2.39. The molecule has 1 atom stereocenters. The molecule has 1 aromatic rings. The van der Waals surface area contributed by atoms with Crippen LogP contribution >= 0.6 is 0 Å². The van der Waals surface area contributed by atoms with Gasteiger partial charge >= 0.3 is 12.0 Å². The van der Waals surface area contributed by atoms with Crippen LogP contribution in [0.1, 0.15) is 25.5 Å². The summed E-state index contributed by atoms with van der Waals surface area (Å²) in [5, 5.41) is 2.95. The van der Waals surface area contributed by atoms with E-state index in [2.05, 4.69) is 22.0 Å². The Morgan fingerprint density at radius 2 is 1.78 bits per heavy atom. The molecule has 0 saturated carbocycles. The summed E-state index contributed by atoms with van der Waals surface area (Å²) in [6.45, 7) is 9.33. The van der Waals surface area contributed by atoms with Gasteiger partial charge in [-0.05, 0) is 31.7 Å². The van der Waals surface area contributed by atoms with Crippen molar-refractivity contribution in [1.29, 1.82) is 0 Å². The summed E-state index contributed by atoms with van der Waals surface area (Å²) in [6.07, 6.45) is 0. The van der Waals surface area contributed by atoms with Gasteiger partial charge in [0.1, 0.15) is 11.5 Å². The first-order valence-electron chi connectivity index (χ1n) is 11.0. The van der Waals surface area contributed by atoms with Gasteiger partial charge in [-0.2, -0.15) is 0 Å². The van der Waals surface area contributed by atoms with Crippen LogP contribution in [-0.4, -0.2) is 93.8 Å². The summed E-state index contributed by atoms with van der Waals surface area (Å²) in [7, 11) is 4.82. The first-order chi connectivity index (χ1) is 15.4. The number of carbonyl (C=O) groups is 2. The summed E-state index contributed by atoms with van der Waals surface area (Å²) in [5.74, 6) is 0.712. The van der Waals surface area contributed by atoms with E-state index in [9.17, 15) is 9.59 Å². The molecule has 0 spiro atoms. The third kappa shape index (κ3) is 4.99. The molecular formula is C23H34N4O5. The van der Waals surface area contributed by atoms with Crippen LogP contribution in [0, 0.1) is 0 Å². The predicted octanol–water partition coefficient (Wildman–Crippen LogP) is 1.85. The van der Waals surface area contributed by atoms with Crippen molar-refractivity contribution in [3.05, 3.63) is 35.0 Å². The van der Waals surface area contributed by atoms with Crippen molar-refractivity contribution >= 4 is 12.0 Å². The number of urea groups is 1. The molecule has 3 rings (SSSR count). The number of carbonyl (C=O) groups excluding carboxylic acids is 2. The maximum atomic E-state index is 13.2. The maximum Gasteiger partial charge on any atom is 0.338 e. The molecule has 2 aliphatic rings. The van der Waals surface area contributed by atoms with E-state index in [0.717, 1.165) is 32.7 Å².